The van der Waals surface area contributed by atoms with E-state index in [0.29, 0.717) is 24.5 Å². The summed E-state index contributed by atoms with van der Waals surface area (Å²) < 4.78 is 32.6. The molecule has 2 aromatic rings. The molecule has 6 nitrogen and oxygen atoms in total. The predicted molar refractivity (Wildman–Crippen MR) is 116 cm³/mol. The van der Waals surface area contributed by atoms with Crippen molar-refractivity contribution in [2.45, 2.75) is 45.9 Å². The SMILES string of the molecule is CCN(CC)S(=O)(=O)c1cc(C)c(C)c(NC(=O)Cc2cc(C)ccc2OC)c1. The van der Waals surface area contributed by atoms with E-state index in [1.807, 2.05) is 39.0 Å². The third-order valence-corrected chi connectivity index (χ3v) is 7.07. The average Bonchev–Trinajstić information content (AvgIpc) is 2.66. The van der Waals surface area contributed by atoms with Crippen LogP contribution in [0.15, 0.2) is 35.2 Å². The Hall–Kier alpha value is -2.38. The minimum Gasteiger partial charge on any atom is -0.496 e. The topological polar surface area (TPSA) is 75.7 Å². The molecule has 2 rings (SSSR count). The number of rotatable bonds is 8. The summed E-state index contributed by atoms with van der Waals surface area (Å²) in [6, 6.07) is 8.88. The fourth-order valence-electron chi connectivity index (χ4n) is 3.23. The van der Waals surface area contributed by atoms with Gasteiger partial charge in [-0.15, -0.1) is 0 Å². The van der Waals surface area contributed by atoms with Crippen LogP contribution < -0.4 is 10.1 Å². The van der Waals surface area contributed by atoms with Crippen LogP contribution in [-0.2, 0) is 21.2 Å². The maximum atomic E-state index is 12.9. The van der Waals surface area contributed by atoms with Gasteiger partial charge < -0.3 is 10.1 Å². The molecular weight excluding hydrogens is 388 g/mol. The number of nitrogens with zero attached hydrogens (tertiary/aromatic N) is 1. The molecule has 0 saturated carbocycles. The molecule has 0 aliphatic heterocycles. The standard InChI is InChI=1S/C22H30N2O4S/c1-7-24(8-2)29(26,27)19-12-16(4)17(5)20(14-19)23-22(25)13-18-11-15(3)9-10-21(18)28-6/h9-12,14H,7-8,13H2,1-6H3,(H,23,25). The zero-order chi connectivity index (χ0) is 21.8. The number of carbonyl (C=O) groups is 1. The van der Waals surface area contributed by atoms with Gasteiger partial charge in [-0.1, -0.05) is 31.5 Å². The van der Waals surface area contributed by atoms with Crippen molar-refractivity contribution in [1.29, 1.82) is 0 Å². The molecular formula is C22H30N2O4S. The summed E-state index contributed by atoms with van der Waals surface area (Å²) in [7, 11) is -2.04. The van der Waals surface area contributed by atoms with Crippen LogP contribution in [0.5, 0.6) is 5.75 Å². The molecule has 0 atom stereocenters. The van der Waals surface area contributed by atoms with Gasteiger partial charge in [-0.25, -0.2) is 8.42 Å². The summed E-state index contributed by atoms with van der Waals surface area (Å²) in [4.78, 5) is 12.9. The van der Waals surface area contributed by atoms with Gasteiger partial charge in [-0.05, 0) is 50.1 Å². The Labute approximate surface area is 173 Å². The molecule has 1 amide bonds. The first-order chi connectivity index (χ1) is 13.6. The van der Waals surface area contributed by atoms with Gasteiger partial charge >= 0.3 is 0 Å². The Kier molecular flexibility index (Phi) is 7.43. The number of aryl methyl sites for hydroxylation is 2. The lowest BCUT2D eigenvalue weighted by molar-refractivity contribution is -0.115. The van der Waals surface area contributed by atoms with Crippen LogP contribution in [0.1, 0.15) is 36.1 Å². The maximum Gasteiger partial charge on any atom is 0.243 e. The highest BCUT2D eigenvalue weighted by Gasteiger charge is 2.23. The minimum atomic E-state index is -3.61. The second-order valence-corrected chi connectivity index (χ2v) is 8.98. The van der Waals surface area contributed by atoms with Crippen molar-refractivity contribution in [3.63, 3.8) is 0 Å². The quantitative estimate of drug-likeness (QED) is 0.707. The van der Waals surface area contributed by atoms with Crippen molar-refractivity contribution >= 4 is 21.6 Å². The third kappa shape index (κ3) is 5.16. The van der Waals surface area contributed by atoms with Gasteiger partial charge in [0.15, 0.2) is 0 Å². The van der Waals surface area contributed by atoms with Gasteiger partial charge in [0.05, 0.1) is 18.4 Å². The number of hydrogen-bond acceptors (Lipinski definition) is 4. The number of carbonyl (C=O) groups excluding carboxylic acids is 1. The molecule has 0 fully saturated rings. The van der Waals surface area contributed by atoms with Crippen molar-refractivity contribution in [2.24, 2.45) is 0 Å². The predicted octanol–water partition coefficient (Wildman–Crippen LogP) is 3.83. The lowest BCUT2D eigenvalue weighted by atomic mass is 10.1. The van der Waals surface area contributed by atoms with E-state index in [2.05, 4.69) is 5.32 Å². The summed E-state index contributed by atoms with van der Waals surface area (Å²) in [5.74, 6) is 0.422. The molecule has 0 aromatic heterocycles. The Morgan fingerprint density at radius 1 is 1.07 bits per heavy atom. The maximum absolute atomic E-state index is 12.9. The zero-order valence-electron chi connectivity index (χ0n) is 18.0. The van der Waals surface area contributed by atoms with Crippen molar-refractivity contribution in [1.82, 2.24) is 4.31 Å². The smallest absolute Gasteiger partial charge is 0.243 e. The Bertz CT molecular complexity index is 996. The first-order valence-electron chi connectivity index (χ1n) is 9.68. The monoisotopic (exact) mass is 418 g/mol. The number of nitrogens with one attached hydrogen (secondary N) is 1. The molecule has 7 heteroatoms. The molecule has 0 spiro atoms. The summed E-state index contributed by atoms with van der Waals surface area (Å²) in [5, 5.41) is 2.88. The van der Waals surface area contributed by atoms with Crippen LogP contribution >= 0.6 is 0 Å². The first-order valence-corrected chi connectivity index (χ1v) is 11.1. The summed E-state index contributed by atoms with van der Waals surface area (Å²) >= 11 is 0. The van der Waals surface area contributed by atoms with Crippen LogP contribution in [-0.4, -0.2) is 38.8 Å². The van der Waals surface area contributed by atoms with E-state index in [0.717, 1.165) is 22.3 Å². The minimum absolute atomic E-state index is 0.135. The van der Waals surface area contributed by atoms with Gasteiger partial charge in [0.2, 0.25) is 15.9 Å². The normalized spacial score (nSPS) is 11.6. The molecule has 0 saturated heterocycles. The highest BCUT2D eigenvalue weighted by Crippen LogP contribution is 2.27. The Morgan fingerprint density at radius 3 is 2.31 bits per heavy atom. The number of hydrogen-bond donors (Lipinski definition) is 1. The van der Waals surface area contributed by atoms with E-state index in [9.17, 15) is 13.2 Å². The fourth-order valence-corrected chi connectivity index (χ4v) is 4.80. The first kappa shape index (κ1) is 22.9. The molecule has 29 heavy (non-hydrogen) atoms. The number of benzene rings is 2. The van der Waals surface area contributed by atoms with Crippen molar-refractivity contribution in [2.75, 3.05) is 25.5 Å². The number of sulfonamides is 1. The van der Waals surface area contributed by atoms with E-state index >= 15 is 0 Å². The van der Waals surface area contributed by atoms with Gasteiger partial charge in [0.25, 0.3) is 0 Å². The number of anilines is 1. The van der Waals surface area contributed by atoms with Crippen molar-refractivity contribution in [3.05, 3.63) is 52.6 Å². The van der Waals surface area contributed by atoms with Crippen molar-refractivity contribution < 1.29 is 17.9 Å². The Balaban J connectivity index is 2.35. The van der Waals surface area contributed by atoms with E-state index in [4.69, 9.17) is 4.74 Å². The molecule has 0 aliphatic carbocycles. The fraction of sp³-hybridized carbons (Fsp3) is 0.409. The molecule has 0 bridgehead atoms. The Morgan fingerprint density at radius 2 is 1.72 bits per heavy atom. The van der Waals surface area contributed by atoms with Gasteiger partial charge in [0.1, 0.15) is 5.75 Å². The third-order valence-electron chi connectivity index (χ3n) is 5.05. The van der Waals surface area contributed by atoms with Crippen molar-refractivity contribution in [3.8, 4) is 5.75 Å². The van der Waals surface area contributed by atoms with Crippen LogP contribution in [0.25, 0.3) is 0 Å². The average molecular weight is 419 g/mol. The lowest BCUT2D eigenvalue weighted by Gasteiger charge is -2.20. The number of methoxy groups -OCH3 is 1. The summed E-state index contributed by atoms with van der Waals surface area (Å²) in [5.41, 5.74) is 3.97. The van der Waals surface area contributed by atoms with Gasteiger partial charge in [-0.2, -0.15) is 4.31 Å². The highest BCUT2D eigenvalue weighted by molar-refractivity contribution is 7.89. The zero-order valence-corrected chi connectivity index (χ0v) is 18.8. The van der Waals surface area contributed by atoms with Crippen LogP contribution in [0.4, 0.5) is 5.69 Å². The molecule has 0 aliphatic rings. The van der Waals surface area contributed by atoms with Crippen LogP contribution in [0.3, 0.4) is 0 Å². The van der Waals surface area contributed by atoms with Gasteiger partial charge in [0, 0.05) is 24.3 Å². The molecule has 0 radical (unpaired) electrons. The summed E-state index contributed by atoms with van der Waals surface area (Å²) in [6.07, 6.45) is 0.135. The highest BCUT2D eigenvalue weighted by atomic mass is 32.2. The molecule has 158 valence electrons. The molecule has 0 heterocycles. The molecule has 2 aromatic carbocycles. The summed E-state index contributed by atoms with van der Waals surface area (Å²) in [6.45, 7) is 10.1. The number of amides is 1. The largest absolute Gasteiger partial charge is 0.496 e. The molecule has 1 N–H and O–H groups in total. The van der Waals surface area contributed by atoms with E-state index in [-0.39, 0.29) is 17.2 Å². The van der Waals surface area contributed by atoms with Crippen LogP contribution in [0.2, 0.25) is 0 Å². The molecule has 0 unspecified atom stereocenters. The van der Waals surface area contributed by atoms with E-state index in [1.165, 1.54) is 4.31 Å². The van der Waals surface area contributed by atoms with E-state index in [1.54, 1.807) is 33.1 Å². The second kappa shape index (κ2) is 9.41. The van der Waals surface area contributed by atoms with E-state index < -0.39 is 10.0 Å². The lowest BCUT2D eigenvalue weighted by Crippen LogP contribution is -2.30. The number of ether oxygens (including phenoxy) is 1. The van der Waals surface area contributed by atoms with Gasteiger partial charge in [-0.3, -0.25) is 4.79 Å². The second-order valence-electron chi connectivity index (χ2n) is 7.04. The van der Waals surface area contributed by atoms with Crippen LogP contribution in [0, 0.1) is 20.8 Å².